The number of esters is 3. The minimum atomic E-state index is -0.796. The van der Waals surface area contributed by atoms with E-state index < -0.39 is 6.10 Å². The number of unbranched alkanes of at least 4 members (excludes halogenated alkanes) is 32. The Bertz CT molecular complexity index is 1700. The SMILES string of the molecule is CC/C=C\C/C=C\C/C=C\C/C=C\CCCCCCCCCCCCCCCCC(=O)OCC(COC(=O)CCCCCC/C=C\C/C=C\C/C=C\C/C=C\CC)OC(=O)CCCCCCCCCCC/C=C\C/C=C\CCCCCCC. The monoisotopic (exact) mass is 1150 g/mol. The largest absolute Gasteiger partial charge is 0.462 e. The van der Waals surface area contributed by atoms with Crippen molar-refractivity contribution >= 4 is 17.9 Å². The Morgan fingerprint density at radius 3 is 0.735 bits per heavy atom. The van der Waals surface area contributed by atoms with Crippen LogP contribution in [0, 0.1) is 0 Å². The highest BCUT2D eigenvalue weighted by atomic mass is 16.6. The van der Waals surface area contributed by atoms with E-state index in [9.17, 15) is 14.4 Å². The molecule has 0 saturated heterocycles. The topological polar surface area (TPSA) is 78.9 Å². The lowest BCUT2D eigenvalue weighted by atomic mass is 10.0. The molecule has 0 saturated carbocycles. The van der Waals surface area contributed by atoms with Gasteiger partial charge >= 0.3 is 17.9 Å². The third kappa shape index (κ3) is 68.5. The standard InChI is InChI=1S/C77H130O6/c1-4-7-10-13-16-19-22-25-28-31-33-35-36-37-38-39-40-42-43-46-49-52-55-58-61-64-67-70-76(79)82-73-74(72-81-75(78)69-66-63-60-57-54-51-48-45-30-27-24-21-18-15-12-9-6-3)83-77(80)71-68-65-62-59-56-53-50-47-44-41-34-32-29-26-23-20-17-14-11-8-5-2/h7,9-10,12,16,18-19,21,23,25-28,30,32-35,48,51,74H,4-6,8,11,13-15,17,20,22,24,29,31,36-47,49-50,52-73H2,1-3H3/b10-7-,12-9-,19-16-,21-18-,26-23-,28-25-,30-27-,34-32-,35-33-,51-48-. The van der Waals surface area contributed by atoms with Gasteiger partial charge in [-0.2, -0.15) is 0 Å². The Kier molecular flexibility index (Phi) is 66.7. The number of carbonyl (C=O) groups excluding carboxylic acids is 3. The van der Waals surface area contributed by atoms with Crippen LogP contribution in [-0.2, 0) is 28.6 Å². The van der Waals surface area contributed by atoms with E-state index >= 15 is 0 Å². The average molecular weight is 1150 g/mol. The maximum atomic E-state index is 13.0. The molecule has 6 heteroatoms. The summed E-state index contributed by atoms with van der Waals surface area (Å²) >= 11 is 0. The van der Waals surface area contributed by atoms with E-state index in [0.717, 1.165) is 128 Å². The summed E-state index contributed by atoms with van der Waals surface area (Å²) in [6.45, 7) is 6.41. The highest BCUT2D eigenvalue weighted by molar-refractivity contribution is 5.71. The minimum Gasteiger partial charge on any atom is -0.462 e. The molecule has 0 aliphatic rings. The molecule has 0 aromatic carbocycles. The van der Waals surface area contributed by atoms with Crippen molar-refractivity contribution in [3.05, 3.63) is 122 Å². The molecule has 0 bridgehead atoms. The van der Waals surface area contributed by atoms with Crippen molar-refractivity contribution in [1.29, 1.82) is 0 Å². The number of allylic oxidation sites excluding steroid dienone is 20. The predicted molar refractivity (Wildman–Crippen MR) is 362 cm³/mol. The summed E-state index contributed by atoms with van der Waals surface area (Å²) in [5.74, 6) is -0.907. The molecule has 83 heavy (non-hydrogen) atoms. The van der Waals surface area contributed by atoms with Crippen LogP contribution in [0.15, 0.2) is 122 Å². The molecule has 0 N–H and O–H groups in total. The number of hydrogen-bond acceptors (Lipinski definition) is 6. The normalized spacial score (nSPS) is 12.9. The molecule has 474 valence electrons. The Labute approximate surface area is 513 Å². The molecule has 0 rings (SSSR count). The zero-order valence-electron chi connectivity index (χ0n) is 54.4. The van der Waals surface area contributed by atoms with Gasteiger partial charge in [-0.05, 0) is 128 Å². The second kappa shape index (κ2) is 70.3. The molecule has 0 aromatic rings. The fraction of sp³-hybridized carbons (Fsp3) is 0.701. The van der Waals surface area contributed by atoms with Crippen molar-refractivity contribution in [1.82, 2.24) is 0 Å². The molecule has 0 aromatic heterocycles. The van der Waals surface area contributed by atoms with Gasteiger partial charge in [-0.15, -0.1) is 0 Å². The number of rotatable bonds is 63. The first-order valence-electron chi connectivity index (χ1n) is 35.0. The highest BCUT2D eigenvalue weighted by Crippen LogP contribution is 2.17. The maximum Gasteiger partial charge on any atom is 0.306 e. The summed E-state index contributed by atoms with van der Waals surface area (Å²) in [5.41, 5.74) is 0. The fourth-order valence-corrected chi connectivity index (χ4v) is 9.75. The maximum absolute atomic E-state index is 13.0. The summed E-state index contributed by atoms with van der Waals surface area (Å²) in [4.78, 5) is 38.5. The van der Waals surface area contributed by atoms with Crippen LogP contribution in [0.25, 0.3) is 0 Å². The lowest BCUT2D eigenvalue weighted by Crippen LogP contribution is -2.30. The minimum absolute atomic E-state index is 0.0885. The fourth-order valence-electron chi connectivity index (χ4n) is 9.75. The van der Waals surface area contributed by atoms with Gasteiger partial charge in [0.15, 0.2) is 6.10 Å². The zero-order chi connectivity index (χ0) is 59.9. The van der Waals surface area contributed by atoms with Crippen LogP contribution in [0.1, 0.15) is 329 Å². The summed E-state index contributed by atoms with van der Waals surface area (Å²) in [7, 11) is 0. The van der Waals surface area contributed by atoms with Crippen molar-refractivity contribution < 1.29 is 28.6 Å². The van der Waals surface area contributed by atoms with Crippen molar-refractivity contribution in [2.45, 2.75) is 335 Å². The molecular formula is C77H130O6. The van der Waals surface area contributed by atoms with Crippen molar-refractivity contribution in [3.8, 4) is 0 Å². The quantitative estimate of drug-likeness (QED) is 0.0261. The lowest BCUT2D eigenvalue weighted by Gasteiger charge is -2.18. The van der Waals surface area contributed by atoms with Crippen LogP contribution in [0.4, 0.5) is 0 Å². The van der Waals surface area contributed by atoms with E-state index in [1.807, 2.05) is 0 Å². The first-order valence-corrected chi connectivity index (χ1v) is 35.0. The molecule has 0 spiro atoms. The second-order valence-corrected chi connectivity index (χ2v) is 23.0. The number of carbonyl (C=O) groups is 3. The van der Waals surface area contributed by atoms with Crippen LogP contribution in [0.5, 0.6) is 0 Å². The van der Waals surface area contributed by atoms with Gasteiger partial charge in [-0.25, -0.2) is 0 Å². The van der Waals surface area contributed by atoms with Gasteiger partial charge in [0.1, 0.15) is 13.2 Å². The average Bonchev–Trinajstić information content (AvgIpc) is 3.49. The molecule has 0 radical (unpaired) electrons. The van der Waals surface area contributed by atoms with E-state index in [1.54, 1.807) is 0 Å². The van der Waals surface area contributed by atoms with Crippen LogP contribution in [0.2, 0.25) is 0 Å². The molecule has 0 aliphatic carbocycles. The third-order valence-corrected chi connectivity index (χ3v) is 14.9. The first kappa shape index (κ1) is 78.8. The molecule has 1 atom stereocenters. The Balaban J connectivity index is 4.37. The molecule has 0 fully saturated rings. The van der Waals surface area contributed by atoms with E-state index in [2.05, 4.69) is 142 Å². The van der Waals surface area contributed by atoms with Gasteiger partial charge < -0.3 is 14.2 Å². The van der Waals surface area contributed by atoms with Gasteiger partial charge in [0.05, 0.1) is 0 Å². The molecule has 0 heterocycles. The molecule has 6 nitrogen and oxygen atoms in total. The van der Waals surface area contributed by atoms with E-state index in [1.165, 1.54) is 161 Å². The summed E-state index contributed by atoms with van der Waals surface area (Å²) in [6.07, 6.45) is 97.9. The Morgan fingerprint density at radius 2 is 0.470 bits per heavy atom. The van der Waals surface area contributed by atoms with Crippen molar-refractivity contribution in [3.63, 3.8) is 0 Å². The predicted octanol–water partition coefficient (Wildman–Crippen LogP) is 24.3. The van der Waals surface area contributed by atoms with Gasteiger partial charge in [0.25, 0.3) is 0 Å². The van der Waals surface area contributed by atoms with Crippen LogP contribution >= 0.6 is 0 Å². The third-order valence-electron chi connectivity index (χ3n) is 14.9. The molecular weight excluding hydrogens is 1020 g/mol. The summed E-state index contributed by atoms with van der Waals surface area (Å²) < 4.78 is 17.0. The van der Waals surface area contributed by atoms with E-state index in [4.69, 9.17) is 14.2 Å². The summed E-state index contributed by atoms with van der Waals surface area (Å²) in [6, 6.07) is 0. The number of ether oxygens (including phenoxy) is 3. The van der Waals surface area contributed by atoms with Crippen molar-refractivity contribution in [2.75, 3.05) is 13.2 Å². The van der Waals surface area contributed by atoms with Gasteiger partial charge in [0.2, 0.25) is 0 Å². The van der Waals surface area contributed by atoms with Gasteiger partial charge in [0, 0.05) is 19.3 Å². The first-order chi connectivity index (χ1) is 41.0. The van der Waals surface area contributed by atoms with Crippen LogP contribution in [0.3, 0.4) is 0 Å². The molecule has 0 aliphatic heterocycles. The highest BCUT2D eigenvalue weighted by Gasteiger charge is 2.19. The van der Waals surface area contributed by atoms with E-state index in [-0.39, 0.29) is 31.1 Å². The van der Waals surface area contributed by atoms with Gasteiger partial charge in [-0.1, -0.05) is 303 Å². The zero-order valence-corrected chi connectivity index (χ0v) is 54.4. The lowest BCUT2D eigenvalue weighted by molar-refractivity contribution is -0.167. The Hall–Kier alpha value is -4.19. The second-order valence-electron chi connectivity index (χ2n) is 23.0. The molecule has 1 unspecified atom stereocenters. The Morgan fingerprint density at radius 1 is 0.253 bits per heavy atom. The van der Waals surface area contributed by atoms with Crippen LogP contribution in [-0.4, -0.2) is 37.2 Å². The van der Waals surface area contributed by atoms with Crippen LogP contribution < -0.4 is 0 Å². The number of hydrogen-bond donors (Lipinski definition) is 0. The van der Waals surface area contributed by atoms with Gasteiger partial charge in [-0.3, -0.25) is 14.4 Å². The van der Waals surface area contributed by atoms with E-state index in [0.29, 0.717) is 19.3 Å². The summed E-state index contributed by atoms with van der Waals surface area (Å²) in [5, 5.41) is 0. The molecule has 0 amide bonds. The van der Waals surface area contributed by atoms with Crippen molar-refractivity contribution in [2.24, 2.45) is 0 Å². The smallest absolute Gasteiger partial charge is 0.306 e.